The lowest BCUT2D eigenvalue weighted by atomic mass is 9.99. The Hall–Kier alpha value is -1.89. The second-order valence-corrected chi connectivity index (χ2v) is 7.61. The molecule has 1 atom stereocenters. The van der Waals surface area contributed by atoms with Crippen LogP contribution >= 0.6 is 0 Å². The number of carboxylic acids is 1. The number of piperidine rings is 1. The van der Waals surface area contributed by atoms with Crippen LogP contribution in [-0.4, -0.2) is 49.1 Å². The van der Waals surface area contributed by atoms with E-state index < -0.39 is 27.8 Å². The van der Waals surface area contributed by atoms with E-state index in [0.29, 0.717) is 18.5 Å². The van der Waals surface area contributed by atoms with Gasteiger partial charge >= 0.3 is 5.97 Å². The summed E-state index contributed by atoms with van der Waals surface area (Å²) in [6.07, 6.45) is 3.02. The van der Waals surface area contributed by atoms with Crippen molar-refractivity contribution in [2.45, 2.75) is 37.1 Å². The first-order valence-electron chi connectivity index (χ1n) is 7.06. The minimum atomic E-state index is -3.42. The van der Waals surface area contributed by atoms with Crippen LogP contribution < -0.4 is 0 Å². The van der Waals surface area contributed by atoms with E-state index in [-0.39, 0.29) is 10.5 Å². The van der Waals surface area contributed by atoms with E-state index in [2.05, 4.69) is 0 Å². The van der Waals surface area contributed by atoms with Crippen LogP contribution in [0, 0.1) is 6.92 Å². The number of likely N-dealkylation sites (tertiary alicyclic amines) is 1. The normalized spacial score (nSPS) is 19.0. The molecule has 1 saturated heterocycles. The van der Waals surface area contributed by atoms with Crippen LogP contribution in [0.2, 0.25) is 0 Å². The predicted molar refractivity (Wildman–Crippen MR) is 80.6 cm³/mol. The molecule has 0 bridgehead atoms. The Bertz CT molecular complexity index is 711. The van der Waals surface area contributed by atoms with Gasteiger partial charge in [-0.15, -0.1) is 0 Å². The fourth-order valence-corrected chi connectivity index (χ4v) is 3.30. The first-order chi connectivity index (χ1) is 10.2. The van der Waals surface area contributed by atoms with Gasteiger partial charge in [0.1, 0.15) is 6.04 Å². The summed E-state index contributed by atoms with van der Waals surface area (Å²) in [4.78, 5) is 25.4. The molecule has 1 aromatic carbocycles. The topological polar surface area (TPSA) is 91.8 Å². The van der Waals surface area contributed by atoms with Gasteiger partial charge in [0.05, 0.1) is 4.90 Å². The highest BCUT2D eigenvalue weighted by atomic mass is 32.2. The van der Waals surface area contributed by atoms with Crippen molar-refractivity contribution in [2.75, 3.05) is 12.8 Å². The van der Waals surface area contributed by atoms with Gasteiger partial charge in [-0.05, 0) is 43.9 Å². The third-order valence-corrected chi connectivity index (χ3v) is 5.03. The van der Waals surface area contributed by atoms with Crippen LogP contribution in [0.15, 0.2) is 23.1 Å². The summed E-state index contributed by atoms with van der Waals surface area (Å²) in [5.41, 5.74) is 0.878. The van der Waals surface area contributed by atoms with Gasteiger partial charge in [0.15, 0.2) is 9.84 Å². The van der Waals surface area contributed by atoms with Crippen molar-refractivity contribution in [3.05, 3.63) is 29.3 Å². The SMILES string of the molecule is Cc1ccc(S(C)(=O)=O)cc1C(=O)N1CCCC[C@@H]1C(=O)O. The van der Waals surface area contributed by atoms with Crippen molar-refractivity contribution in [1.82, 2.24) is 4.90 Å². The third kappa shape index (κ3) is 3.30. The Labute approximate surface area is 129 Å². The summed E-state index contributed by atoms with van der Waals surface area (Å²) in [5.74, 6) is -1.44. The number of benzene rings is 1. The van der Waals surface area contributed by atoms with Crippen LogP contribution in [-0.2, 0) is 14.6 Å². The fourth-order valence-electron chi connectivity index (χ4n) is 2.65. The zero-order chi connectivity index (χ0) is 16.5. The van der Waals surface area contributed by atoms with Gasteiger partial charge in [-0.2, -0.15) is 0 Å². The molecule has 2 rings (SSSR count). The number of carboxylic acid groups (broad SMARTS) is 1. The summed E-state index contributed by atoms with van der Waals surface area (Å²) in [6, 6.07) is 3.51. The van der Waals surface area contributed by atoms with E-state index in [1.165, 1.54) is 17.0 Å². The number of hydrogen-bond donors (Lipinski definition) is 1. The van der Waals surface area contributed by atoms with E-state index in [9.17, 15) is 23.1 Å². The lowest BCUT2D eigenvalue weighted by molar-refractivity contribution is -0.143. The van der Waals surface area contributed by atoms with Crippen molar-refractivity contribution in [2.24, 2.45) is 0 Å². The Morgan fingerprint density at radius 2 is 1.95 bits per heavy atom. The summed E-state index contributed by atoms with van der Waals surface area (Å²) < 4.78 is 23.3. The lowest BCUT2D eigenvalue weighted by Gasteiger charge is -2.33. The van der Waals surface area contributed by atoms with Crippen molar-refractivity contribution in [3.8, 4) is 0 Å². The largest absolute Gasteiger partial charge is 0.480 e. The second kappa shape index (κ2) is 6.08. The fraction of sp³-hybridized carbons (Fsp3) is 0.467. The van der Waals surface area contributed by atoms with Crippen LogP contribution in [0.25, 0.3) is 0 Å². The molecule has 0 saturated carbocycles. The summed E-state index contributed by atoms with van der Waals surface area (Å²) >= 11 is 0. The highest BCUT2D eigenvalue weighted by Gasteiger charge is 2.33. The van der Waals surface area contributed by atoms with Crippen molar-refractivity contribution >= 4 is 21.7 Å². The van der Waals surface area contributed by atoms with Gasteiger partial charge in [-0.1, -0.05) is 6.07 Å². The number of sulfone groups is 1. The molecule has 0 spiro atoms. The van der Waals surface area contributed by atoms with Gasteiger partial charge < -0.3 is 10.0 Å². The Morgan fingerprint density at radius 1 is 1.27 bits per heavy atom. The average Bonchev–Trinajstić information content (AvgIpc) is 2.45. The molecule has 120 valence electrons. The van der Waals surface area contributed by atoms with Gasteiger partial charge in [0.2, 0.25) is 0 Å². The molecule has 1 aromatic rings. The zero-order valence-corrected chi connectivity index (χ0v) is 13.4. The number of carbonyl (C=O) groups is 2. The minimum absolute atomic E-state index is 0.0605. The molecule has 6 nitrogen and oxygen atoms in total. The number of carbonyl (C=O) groups excluding carboxylic acids is 1. The molecule has 1 aliphatic rings. The van der Waals surface area contributed by atoms with Gasteiger partial charge in [-0.25, -0.2) is 13.2 Å². The van der Waals surface area contributed by atoms with E-state index in [1.54, 1.807) is 13.0 Å². The molecule has 1 heterocycles. The quantitative estimate of drug-likeness (QED) is 0.909. The van der Waals surface area contributed by atoms with Gasteiger partial charge in [0, 0.05) is 18.4 Å². The number of aryl methyl sites for hydroxylation is 1. The van der Waals surface area contributed by atoms with E-state index >= 15 is 0 Å². The molecule has 0 aromatic heterocycles. The van der Waals surface area contributed by atoms with Crippen molar-refractivity contribution < 1.29 is 23.1 Å². The first-order valence-corrected chi connectivity index (χ1v) is 8.95. The number of rotatable bonds is 3. The second-order valence-electron chi connectivity index (χ2n) is 5.60. The first kappa shape index (κ1) is 16.5. The number of nitrogens with zero attached hydrogens (tertiary/aromatic N) is 1. The number of amides is 1. The molecule has 0 radical (unpaired) electrons. The summed E-state index contributed by atoms with van der Waals surface area (Å²) in [7, 11) is -3.42. The molecule has 0 unspecified atom stereocenters. The maximum Gasteiger partial charge on any atom is 0.326 e. The van der Waals surface area contributed by atoms with Gasteiger partial charge in [0.25, 0.3) is 5.91 Å². The Balaban J connectivity index is 2.42. The summed E-state index contributed by atoms with van der Waals surface area (Å²) in [6.45, 7) is 2.08. The van der Waals surface area contributed by atoms with Crippen LogP contribution in [0.5, 0.6) is 0 Å². The number of aliphatic carboxylic acids is 1. The van der Waals surface area contributed by atoms with Crippen molar-refractivity contribution in [3.63, 3.8) is 0 Å². The molecule has 0 aliphatic carbocycles. The van der Waals surface area contributed by atoms with Crippen LogP contribution in [0.1, 0.15) is 35.2 Å². The molecule has 1 amide bonds. The average molecular weight is 325 g/mol. The molecule has 22 heavy (non-hydrogen) atoms. The molecular weight excluding hydrogens is 306 g/mol. The van der Waals surface area contributed by atoms with E-state index in [4.69, 9.17) is 0 Å². The minimum Gasteiger partial charge on any atom is -0.480 e. The standard InChI is InChI=1S/C15H19NO5S/c1-10-6-7-11(22(2,20)21)9-12(10)14(17)16-8-4-3-5-13(16)15(18)19/h6-7,9,13H,3-5,8H2,1-2H3,(H,18,19)/t13-/m1/s1. The molecule has 1 N–H and O–H groups in total. The highest BCUT2D eigenvalue weighted by Crippen LogP contribution is 2.23. The molecule has 1 aliphatic heterocycles. The summed E-state index contributed by atoms with van der Waals surface area (Å²) in [5, 5.41) is 9.27. The predicted octanol–water partition coefficient (Wildman–Crippen LogP) is 1.48. The molecule has 1 fully saturated rings. The van der Waals surface area contributed by atoms with Crippen molar-refractivity contribution in [1.29, 1.82) is 0 Å². The van der Waals surface area contributed by atoms with E-state index in [1.807, 2.05) is 0 Å². The Morgan fingerprint density at radius 3 is 2.55 bits per heavy atom. The smallest absolute Gasteiger partial charge is 0.326 e. The van der Waals surface area contributed by atoms with Crippen LogP contribution in [0.4, 0.5) is 0 Å². The monoisotopic (exact) mass is 325 g/mol. The zero-order valence-electron chi connectivity index (χ0n) is 12.6. The lowest BCUT2D eigenvalue weighted by Crippen LogP contribution is -2.48. The van der Waals surface area contributed by atoms with Gasteiger partial charge in [-0.3, -0.25) is 4.79 Å². The maximum absolute atomic E-state index is 12.7. The number of hydrogen-bond acceptors (Lipinski definition) is 4. The molecule has 7 heteroatoms. The molecular formula is C15H19NO5S. The van der Waals surface area contributed by atoms with Crippen LogP contribution in [0.3, 0.4) is 0 Å². The van der Waals surface area contributed by atoms with E-state index in [0.717, 1.165) is 19.1 Å². The highest BCUT2D eigenvalue weighted by molar-refractivity contribution is 7.90. The Kier molecular flexibility index (Phi) is 4.55. The maximum atomic E-state index is 12.7. The third-order valence-electron chi connectivity index (χ3n) is 3.92.